The molecule has 1 aliphatic heterocycles. The van der Waals surface area contributed by atoms with E-state index in [2.05, 4.69) is 5.32 Å². The monoisotopic (exact) mass is 295 g/mol. The van der Waals surface area contributed by atoms with Crippen molar-refractivity contribution >= 4 is 22.2 Å². The summed E-state index contributed by atoms with van der Waals surface area (Å²) in [6.07, 6.45) is -0.240. The molecule has 2 heterocycles. The van der Waals surface area contributed by atoms with Crippen LogP contribution in [0.5, 0.6) is 0 Å². The molecule has 1 saturated heterocycles. The fourth-order valence-electron chi connectivity index (χ4n) is 2.05. The maximum absolute atomic E-state index is 12.0. The quantitative estimate of drug-likeness (QED) is 0.851. The van der Waals surface area contributed by atoms with Crippen molar-refractivity contribution in [2.75, 3.05) is 31.6 Å². The highest BCUT2D eigenvalue weighted by Crippen LogP contribution is 2.22. The average molecular weight is 295 g/mol. The van der Waals surface area contributed by atoms with Gasteiger partial charge in [-0.15, -0.1) is 11.3 Å². The molecule has 20 heavy (non-hydrogen) atoms. The molecule has 2 atom stereocenters. The zero-order valence-electron chi connectivity index (χ0n) is 11.2. The highest BCUT2D eigenvalue weighted by Gasteiger charge is 2.27. The van der Waals surface area contributed by atoms with Gasteiger partial charge in [0, 0.05) is 12.6 Å². The second kappa shape index (κ2) is 6.81. The summed E-state index contributed by atoms with van der Waals surface area (Å²) in [5.41, 5.74) is 0.478. The van der Waals surface area contributed by atoms with Crippen molar-refractivity contribution in [2.45, 2.75) is 19.1 Å². The van der Waals surface area contributed by atoms with Gasteiger partial charge in [0.15, 0.2) is 0 Å². The number of hydrogen-bond acceptors (Lipinski definition) is 6. The molecule has 0 spiro atoms. The molecule has 0 saturated carbocycles. The largest absolute Gasteiger partial charge is 0.394 e. The Balaban J connectivity index is 1.92. The van der Waals surface area contributed by atoms with Crippen molar-refractivity contribution in [3.63, 3.8) is 0 Å². The lowest BCUT2D eigenvalue weighted by Crippen LogP contribution is -2.51. The third kappa shape index (κ3) is 3.55. The lowest BCUT2D eigenvalue weighted by Gasteiger charge is -2.36. The Kier molecular flexibility index (Phi) is 5.09. The van der Waals surface area contributed by atoms with Gasteiger partial charge >= 0.3 is 0 Å². The summed E-state index contributed by atoms with van der Waals surface area (Å²) in [6.45, 7) is 3.19. The fraction of sp³-hybridized carbons (Fsp3) is 0.538. The Bertz CT molecular complexity index is 511. The number of rotatable bonds is 4. The van der Waals surface area contributed by atoms with Crippen molar-refractivity contribution in [1.29, 1.82) is 5.26 Å². The topological polar surface area (TPSA) is 85.6 Å². The molecule has 0 bridgehead atoms. The summed E-state index contributed by atoms with van der Waals surface area (Å²) in [5, 5.41) is 23.1. The normalized spacial score (nSPS) is 23.2. The molecule has 2 unspecified atom stereocenters. The zero-order chi connectivity index (χ0) is 14.5. The summed E-state index contributed by atoms with van der Waals surface area (Å²) in [4.78, 5) is 14.0. The molecule has 108 valence electrons. The molecule has 0 aromatic carbocycles. The van der Waals surface area contributed by atoms with Crippen LogP contribution in [-0.4, -0.2) is 54.4 Å². The van der Waals surface area contributed by atoms with Crippen LogP contribution in [0, 0.1) is 11.3 Å². The van der Waals surface area contributed by atoms with Crippen molar-refractivity contribution < 1.29 is 14.6 Å². The molecule has 1 aliphatic rings. The third-order valence-corrected chi connectivity index (χ3v) is 4.05. The Labute approximate surface area is 121 Å². The summed E-state index contributed by atoms with van der Waals surface area (Å²) in [5.74, 6) is -0.158. The number of thiophene rings is 1. The van der Waals surface area contributed by atoms with Crippen LogP contribution >= 0.6 is 11.3 Å². The van der Waals surface area contributed by atoms with Gasteiger partial charge in [0.25, 0.3) is 0 Å². The number of amides is 1. The highest BCUT2D eigenvalue weighted by molar-refractivity contribution is 7.14. The SMILES string of the molecule is CC1COC(CO)CN1CC(=O)Nc1sccc1C#N. The Morgan fingerprint density at radius 1 is 1.75 bits per heavy atom. The van der Waals surface area contributed by atoms with Gasteiger partial charge in [-0.05, 0) is 18.4 Å². The first-order valence-corrected chi connectivity index (χ1v) is 7.26. The molecular formula is C13H17N3O3S. The summed E-state index contributed by atoms with van der Waals surface area (Å²) in [6, 6.07) is 3.85. The van der Waals surface area contributed by atoms with E-state index in [0.717, 1.165) is 0 Å². The van der Waals surface area contributed by atoms with Gasteiger partial charge in [-0.2, -0.15) is 5.26 Å². The molecular weight excluding hydrogens is 278 g/mol. The number of aliphatic hydroxyl groups is 1. The van der Waals surface area contributed by atoms with E-state index in [0.29, 0.717) is 23.7 Å². The van der Waals surface area contributed by atoms with E-state index >= 15 is 0 Å². The van der Waals surface area contributed by atoms with Gasteiger partial charge in [0.2, 0.25) is 5.91 Å². The number of nitrogens with zero attached hydrogens (tertiary/aromatic N) is 2. The van der Waals surface area contributed by atoms with Crippen LogP contribution in [0.25, 0.3) is 0 Å². The van der Waals surface area contributed by atoms with Crippen LogP contribution in [0.15, 0.2) is 11.4 Å². The molecule has 1 aromatic rings. The van der Waals surface area contributed by atoms with Crippen LogP contribution in [-0.2, 0) is 9.53 Å². The number of carbonyl (C=O) groups excluding carboxylic acids is 1. The second-order valence-electron chi connectivity index (χ2n) is 4.74. The Morgan fingerprint density at radius 3 is 3.25 bits per heavy atom. The lowest BCUT2D eigenvalue weighted by molar-refractivity contribution is -0.122. The van der Waals surface area contributed by atoms with Crippen LogP contribution in [0.4, 0.5) is 5.00 Å². The van der Waals surface area contributed by atoms with Crippen molar-refractivity contribution in [3.8, 4) is 6.07 Å². The van der Waals surface area contributed by atoms with E-state index < -0.39 is 0 Å². The van der Waals surface area contributed by atoms with E-state index in [-0.39, 0.29) is 31.2 Å². The van der Waals surface area contributed by atoms with Gasteiger partial charge in [-0.1, -0.05) is 0 Å². The smallest absolute Gasteiger partial charge is 0.239 e. The first-order valence-electron chi connectivity index (χ1n) is 6.38. The number of anilines is 1. The van der Waals surface area contributed by atoms with Crippen LogP contribution < -0.4 is 5.32 Å². The van der Waals surface area contributed by atoms with Gasteiger partial charge in [0.05, 0.1) is 31.4 Å². The Hall–Kier alpha value is -1.46. The van der Waals surface area contributed by atoms with Gasteiger partial charge < -0.3 is 15.2 Å². The third-order valence-electron chi connectivity index (χ3n) is 3.22. The maximum atomic E-state index is 12.0. The first-order chi connectivity index (χ1) is 9.63. The van der Waals surface area contributed by atoms with Crippen molar-refractivity contribution in [2.24, 2.45) is 0 Å². The number of nitriles is 1. The zero-order valence-corrected chi connectivity index (χ0v) is 12.0. The van der Waals surface area contributed by atoms with Crippen LogP contribution in [0.2, 0.25) is 0 Å². The summed E-state index contributed by atoms with van der Waals surface area (Å²) < 4.78 is 5.43. The van der Waals surface area contributed by atoms with E-state index in [1.807, 2.05) is 17.9 Å². The van der Waals surface area contributed by atoms with E-state index in [1.165, 1.54) is 11.3 Å². The molecule has 2 N–H and O–H groups in total. The summed E-state index contributed by atoms with van der Waals surface area (Å²) in [7, 11) is 0. The van der Waals surface area contributed by atoms with Crippen molar-refractivity contribution in [3.05, 3.63) is 17.0 Å². The minimum Gasteiger partial charge on any atom is -0.394 e. The number of ether oxygens (including phenoxy) is 1. The number of morpholine rings is 1. The fourth-order valence-corrected chi connectivity index (χ4v) is 2.80. The molecule has 1 fully saturated rings. The standard InChI is InChI=1S/C13H17N3O3S/c1-9-8-19-11(7-17)5-16(9)6-12(18)15-13-10(4-14)2-3-20-13/h2-3,9,11,17H,5-8H2,1H3,(H,15,18). The van der Waals surface area contributed by atoms with E-state index in [1.54, 1.807) is 11.4 Å². The summed E-state index contributed by atoms with van der Waals surface area (Å²) >= 11 is 1.33. The second-order valence-corrected chi connectivity index (χ2v) is 5.66. The number of hydrogen-bond donors (Lipinski definition) is 2. The Morgan fingerprint density at radius 2 is 2.55 bits per heavy atom. The molecule has 0 radical (unpaired) electrons. The molecule has 7 heteroatoms. The minimum absolute atomic E-state index is 0.0473. The van der Waals surface area contributed by atoms with Gasteiger partial charge in [-0.3, -0.25) is 9.69 Å². The molecule has 2 rings (SSSR count). The van der Waals surface area contributed by atoms with Crippen LogP contribution in [0.1, 0.15) is 12.5 Å². The first kappa shape index (κ1) is 14.9. The number of nitrogens with one attached hydrogen (secondary N) is 1. The van der Waals surface area contributed by atoms with Crippen LogP contribution in [0.3, 0.4) is 0 Å². The average Bonchev–Trinajstić information content (AvgIpc) is 2.88. The maximum Gasteiger partial charge on any atom is 0.239 e. The van der Waals surface area contributed by atoms with E-state index in [4.69, 9.17) is 15.1 Å². The van der Waals surface area contributed by atoms with Gasteiger partial charge in [0.1, 0.15) is 11.1 Å². The lowest BCUT2D eigenvalue weighted by atomic mass is 10.2. The predicted octanol–water partition coefficient (Wildman–Crippen LogP) is 0.640. The number of carbonyl (C=O) groups is 1. The molecule has 1 aromatic heterocycles. The van der Waals surface area contributed by atoms with E-state index in [9.17, 15) is 4.79 Å². The molecule has 6 nitrogen and oxygen atoms in total. The molecule has 0 aliphatic carbocycles. The minimum atomic E-state index is -0.240. The highest BCUT2D eigenvalue weighted by atomic mass is 32.1. The molecule has 1 amide bonds. The predicted molar refractivity (Wildman–Crippen MR) is 75.5 cm³/mol. The number of aliphatic hydroxyl groups excluding tert-OH is 1. The van der Waals surface area contributed by atoms with Gasteiger partial charge in [-0.25, -0.2) is 0 Å². The van der Waals surface area contributed by atoms with Crippen molar-refractivity contribution in [1.82, 2.24) is 4.90 Å².